The molecule has 130 valence electrons. The Morgan fingerprint density at radius 2 is 1.84 bits per heavy atom. The minimum Gasteiger partial charge on any atom is -0.507 e. The van der Waals surface area contributed by atoms with Crippen LogP contribution in [0, 0.1) is 5.92 Å². The summed E-state index contributed by atoms with van der Waals surface area (Å²) < 4.78 is 0. The van der Waals surface area contributed by atoms with Crippen LogP contribution in [0.25, 0.3) is 0 Å². The first-order valence-corrected chi connectivity index (χ1v) is 8.17. The van der Waals surface area contributed by atoms with Gasteiger partial charge >= 0.3 is 5.97 Å². The number of carbonyl (C=O) groups is 2. The van der Waals surface area contributed by atoms with Gasteiger partial charge in [-0.25, -0.2) is 9.80 Å². The first-order chi connectivity index (χ1) is 12.0. The van der Waals surface area contributed by atoms with Crippen LogP contribution >= 0.6 is 0 Å². The Kier molecular flexibility index (Phi) is 4.72. The molecule has 3 rings (SSSR count). The molecule has 2 aromatic carbocycles. The quantitative estimate of drug-likeness (QED) is 0.725. The van der Waals surface area contributed by atoms with Crippen LogP contribution in [0.5, 0.6) is 5.75 Å². The molecular weight excluding hydrogens is 320 g/mol. The second kappa shape index (κ2) is 6.94. The molecule has 1 saturated heterocycles. The number of aromatic carboxylic acids is 1. The van der Waals surface area contributed by atoms with Gasteiger partial charge < -0.3 is 15.6 Å². The first-order valence-electron chi connectivity index (χ1n) is 8.17. The number of benzene rings is 2. The van der Waals surface area contributed by atoms with Crippen LogP contribution in [0.15, 0.2) is 42.5 Å². The van der Waals surface area contributed by atoms with E-state index < -0.39 is 11.8 Å². The van der Waals surface area contributed by atoms with Crippen molar-refractivity contribution in [2.24, 2.45) is 5.92 Å². The number of rotatable bonds is 5. The lowest BCUT2D eigenvalue weighted by Gasteiger charge is -2.19. The number of carbonyl (C=O) groups excluding carboxylic acids is 1. The zero-order valence-electron chi connectivity index (χ0n) is 13.9. The molecule has 3 N–H and O–H groups in total. The molecule has 0 radical (unpaired) electrons. The monoisotopic (exact) mass is 340 g/mol. The number of carboxylic acid groups (broad SMARTS) is 1. The van der Waals surface area contributed by atoms with Crippen molar-refractivity contribution in [3.63, 3.8) is 0 Å². The Morgan fingerprint density at radius 1 is 1.12 bits per heavy atom. The van der Waals surface area contributed by atoms with Gasteiger partial charge in [-0.1, -0.05) is 25.1 Å². The van der Waals surface area contributed by atoms with Crippen molar-refractivity contribution in [2.45, 2.75) is 13.3 Å². The third-order valence-electron chi connectivity index (χ3n) is 4.36. The largest absolute Gasteiger partial charge is 0.507 e. The van der Waals surface area contributed by atoms with Crippen molar-refractivity contribution in [1.29, 1.82) is 0 Å². The standard InChI is InChI=1S/C19H20N2O4/c1-12-8-9-21(11-12)20-13-6-7-16(17(22)10-13)18(23)14-4-2-3-5-15(14)19(24)25/h2-7,10,12,20,22H,8-9,11H2,1H3,(H,24,25). The normalized spacial score (nSPS) is 17.4. The number of ketones is 1. The fourth-order valence-electron chi connectivity index (χ4n) is 3.03. The fraction of sp³-hybridized carbons (Fsp3) is 0.263. The molecular formula is C19H20N2O4. The molecule has 0 aliphatic carbocycles. The summed E-state index contributed by atoms with van der Waals surface area (Å²) >= 11 is 0. The predicted molar refractivity (Wildman–Crippen MR) is 93.9 cm³/mol. The number of hydrogen-bond acceptors (Lipinski definition) is 5. The molecule has 6 nitrogen and oxygen atoms in total. The molecule has 0 bridgehead atoms. The minimum atomic E-state index is -1.18. The number of anilines is 1. The van der Waals surface area contributed by atoms with Crippen molar-refractivity contribution in [3.8, 4) is 5.75 Å². The van der Waals surface area contributed by atoms with Crippen molar-refractivity contribution in [3.05, 3.63) is 59.2 Å². The molecule has 0 aromatic heterocycles. The molecule has 1 atom stereocenters. The molecule has 0 saturated carbocycles. The SMILES string of the molecule is CC1CCN(Nc2ccc(C(=O)c3ccccc3C(=O)O)c(O)c2)C1. The molecule has 0 spiro atoms. The van der Waals surface area contributed by atoms with Crippen molar-refractivity contribution >= 4 is 17.4 Å². The summed E-state index contributed by atoms with van der Waals surface area (Å²) in [5, 5.41) is 21.5. The second-order valence-electron chi connectivity index (χ2n) is 6.36. The maximum Gasteiger partial charge on any atom is 0.336 e. The lowest BCUT2D eigenvalue weighted by atomic mass is 9.97. The van der Waals surface area contributed by atoms with Gasteiger partial charge in [-0.2, -0.15) is 0 Å². The van der Waals surface area contributed by atoms with E-state index in [0.717, 1.165) is 19.5 Å². The third kappa shape index (κ3) is 3.64. The zero-order valence-corrected chi connectivity index (χ0v) is 13.9. The summed E-state index contributed by atoms with van der Waals surface area (Å²) in [6.07, 6.45) is 1.11. The summed E-state index contributed by atoms with van der Waals surface area (Å²) in [7, 11) is 0. The van der Waals surface area contributed by atoms with E-state index >= 15 is 0 Å². The molecule has 1 aliphatic heterocycles. The number of phenols is 1. The van der Waals surface area contributed by atoms with E-state index in [-0.39, 0.29) is 22.4 Å². The van der Waals surface area contributed by atoms with Gasteiger partial charge in [0.25, 0.3) is 0 Å². The Hall–Kier alpha value is -2.86. The lowest BCUT2D eigenvalue weighted by molar-refractivity contribution is 0.0692. The first kappa shape index (κ1) is 17.0. The molecule has 25 heavy (non-hydrogen) atoms. The number of phenolic OH excluding ortho intramolecular Hbond substituents is 1. The number of hydrogen-bond donors (Lipinski definition) is 3. The second-order valence-corrected chi connectivity index (χ2v) is 6.36. The van der Waals surface area contributed by atoms with Crippen LogP contribution in [0.3, 0.4) is 0 Å². The molecule has 0 amide bonds. The van der Waals surface area contributed by atoms with Crippen LogP contribution < -0.4 is 5.43 Å². The van der Waals surface area contributed by atoms with Crippen LogP contribution in [-0.2, 0) is 0 Å². The van der Waals surface area contributed by atoms with Gasteiger partial charge in [0.2, 0.25) is 0 Å². The van der Waals surface area contributed by atoms with Gasteiger partial charge in [-0.05, 0) is 30.5 Å². The third-order valence-corrected chi connectivity index (χ3v) is 4.36. The Balaban J connectivity index is 1.84. The van der Waals surface area contributed by atoms with E-state index in [4.69, 9.17) is 0 Å². The smallest absolute Gasteiger partial charge is 0.336 e. The lowest BCUT2D eigenvalue weighted by Crippen LogP contribution is -2.27. The Labute approximate surface area is 145 Å². The molecule has 1 aliphatic rings. The number of aromatic hydroxyl groups is 1. The van der Waals surface area contributed by atoms with Crippen molar-refractivity contribution < 1.29 is 19.8 Å². The van der Waals surface area contributed by atoms with Crippen molar-refractivity contribution in [1.82, 2.24) is 5.01 Å². The Bertz CT molecular complexity index is 819. The molecule has 6 heteroatoms. The molecule has 1 unspecified atom stereocenters. The van der Waals surface area contributed by atoms with Crippen molar-refractivity contribution in [2.75, 3.05) is 18.5 Å². The molecule has 1 fully saturated rings. The average molecular weight is 340 g/mol. The minimum absolute atomic E-state index is 0.0550. The highest BCUT2D eigenvalue weighted by molar-refractivity contribution is 6.15. The van der Waals surface area contributed by atoms with E-state index in [0.29, 0.717) is 11.6 Å². The van der Waals surface area contributed by atoms with Gasteiger partial charge in [0.05, 0.1) is 16.8 Å². The van der Waals surface area contributed by atoms with E-state index in [9.17, 15) is 19.8 Å². The maximum absolute atomic E-state index is 12.6. The molecule has 2 aromatic rings. The highest BCUT2D eigenvalue weighted by atomic mass is 16.4. The van der Waals surface area contributed by atoms with E-state index in [1.807, 2.05) is 0 Å². The van der Waals surface area contributed by atoms with Crippen LogP contribution in [0.2, 0.25) is 0 Å². The van der Waals surface area contributed by atoms with Gasteiger partial charge in [-0.3, -0.25) is 4.79 Å². The number of nitrogens with zero attached hydrogens (tertiary/aromatic N) is 1. The summed E-state index contributed by atoms with van der Waals surface area (Å²) in [4.78, 5) is 23.9. The fourth-order valence-corrected chi connectivity index (χ4v) is 3.03. The summed E-state index contributed by atoms with van der Waals surface area (Å²) in [5.74, 6) is -1.25. The predicted octanol–water partition coefficient (Wildman–Crippen LogP) is 2.99. The number of hydrazine groups is 1. The summed E-state index contributed by atoms with van der Waals surface area (Å²) in [6.45, 7) is 4.03. The summed E-state index contributed by atoms with van der Waals surface area (Å²) in [5.41, 5.74) is 3.95. The van der Waals surface area contributed by atoms with Gasteiger partial charge in [-0.15, -0.1) is 0 Å². The zero-order chi connectivity index (χ0) is 18.0. The van der Waals surface area contributed by atoms with E-state index in [1.54, 1.807) is 18.2 Å². The number of carboxylic acids is 1. The van der Waals surface area contributed by atoms with E-state index in [1.165, 1.54) is 24.3 Å². The number of nitrogens with one attached hydrogen (secondary N) is 1. The Morgan fingerprint density at radius 3 is 2.44 bits per heavy atom. The topological polar surface area (TPSA) is 89.9 Å². The van der Waals surface area contributed by atoms with Gasteiger partial charge in [0, 0.05) is 24.7 Å². The maximum atomic E-state index is 12.6. The van der Waals surface area contributed by atoms with Gasteiger partial charge in [0.15, 0.2) is 5.78 Å². The molecule has 1 heterocycles. The van der Waals surface area contributed by atoms with Crippen LogP contribution in [0.1, 0.15) is 39.6 Å². The van der Waals surface area contributed by atoms with Gasteiger partial charge in [0.1, 0.15) is 5.75 Å². The van der Waals surface area contributed by atoms with Crippen LogP contribution in [0.4, 0.5) is 5.69 Å². The van der Waals surface area contributed by atoms with E-state index in [2.05, 4.69) is 17.4 Å². The highest BCUT2D eigenvalue weighted by Crippen LogP contribution is 2.27. The average Bonchev–Trinajstić information content (AvgIpc) is 2.99. The summed E-state index contributed by atoms with van der Waals surface area (Å²) in [6, 6.07) is 10.7. The van der Waals surface area contributed by atoms with Crippen LogP contribution in [-0.4, -0.2) is 40.1 Å². The highest BCUT2D eigenvalue weighted by Gasteiger charge is 2.21.